The monoisotopic (exact) mass is 769 g/mol. The van der Waals surface area contributed by atoms with Crippen molar-refractivity contribution in [2.75, 3.05) is 26.4 Å². The van der Waals surface area contributed by atoms with Crippen molar-refractivity contribution < 1.29 is 57.2 Å². The minimum atomic E-state index is -0.860. The predicted octanol–water partition coefficient (Wildman–Crippen LogP) is 6.07. The number of nitriles is 1. The van der Waals surface area contributed by atoms with E-state index in [1.54, 1.807) is 12.1 Å². The maximum Gasteiger partial charge on any atom is 0.350 e. The normalized spacial score (nSPS) is 21.4. The number of carbonyl (C=O) groups is 6. The minimum Gasteiger partial charge on any atom is -0.465 e. The summed E-state index contributed by atoms with van der Waals surface area (Å²) < 4.78 is 32.3. The summed E-state index contributed by atoms with van der Waals surface area (Å²) in [7, 11) is 0. The highest BCUT2D eigenvalue weighted by Crippen LogP contribution is 2.57. The van der Waals surface area contributed by atoms with Crippen LogP contribution in [0.2, 0.25) is 0 Å². The Hall–Kier alpha value is -4.55. The summed E-state index contributed by atoms with van der Waals surface area (Å²) in [5.74, 6) is -3.57. The predicted molar refractivity (Wildman–Crippen MR) is 192 cm³/mol. The second-order valence-corrected chi connectivity index (χ2v) is 15.0. The van der Waals surface area contributed by atoms with Gasteiger partial charge < -0.3 is 28.4 Å². The highest BCUT2D eigenvalue weighted by Gasteiger charge is 2.36. The lowest BCUT2D eigenvalue weighted by atomic mass is 9.82. The number of rotatable bonds is 16. The molecule has 0 atom stereocenters. The molecule has 53 heavy (non-hydrogen) atoms. The van der Waals surface area contributed by atoms with Gasteiger partial charge in [-0.3, -0.25) is 14.4 Å². The summed E-state index contributed by atoms with van der Waals surface area (Å²) in [6, 6.07) is 5.39. The fraction of sp³-hybridized carbons (Fsp3) is 0.500. The lowest BCUT2D eigenvalue weighted by Gasteiger charge is -2.30. The zero-order valence-corrected chi connectivity index (χ0v) is 31.2. The summed E-state index contributed by atoms with van der Waals surface area (Å²) in [5, 5.41) is 9.74. The van der Waals surface area contributed by atoms with Gasteiger partial charge in [-0.1, -0.05) is 42.7 Å². The van der Waals surface area contributed by atoms with E-state index in [0.29, 0.717) is 79.1 Å². The molecular formula is C38H43NO12S2. The van der Waals surface area contributed by atoms with Crippen LogP contribution in [0, 0.1) is 36.0 Å². The molecule has 2 fully saturated rings. The lowest BCUT2D eigenvalue weighted by molar-refractivity contribution is -0.160. The molecule has 0 N–H and O–H groups in total. The maximum absolute atomic E-state index is 13.3. The molecule has 0 radical (unpaired) electrons. The molecule has 0 saturated heterocycles. The standard InChI is InChI=1S/C38H43NO12S2/c1-4-30(40)46-18-6-7-19-48-34(42)24-9-11-25(12-10-24)35(43)50-27-15-13-26(14-16-27)36(44)51-29-17-8-23(3)32-33(29)53-38(52-32)28(22-39)37(45)49-21-20-47-31(41)5-2/h4-5,8,17,24-27H,1-2,6-7,9-16,18-21H2,3H3/b38-28-. The Kier molecular flexibility index (Phi) is 16.0. The smallest absolute Gasteiger partial charge is 0.350 e. The lowest BCUT2D eigenvalue weighted by Crippen LogP contribution is -2.33. The Balaban J connectivity index is 1.19. The van der Waals surface area contributed by atoms with E-state index >= 15 is 0 Å². The third-order valence-electron chi connectivity index (χ3n) is 9.00. The average Bonchev–Trinajstić information content (AvgIpc) is 3.62. The van der Waals surface area contributed by atoms with Crippen molar-refractivity contribution in [3.05, 3.63) is 52.8 Å². The molecule has 15 heteroatoms. The van der Waals surface area contributed by atoms with Crippen molar-refractivity contribution in [1.29, 1.82) is 5.26 Å². The summed E-state index contributed by atoms with van der Waals surface area (Å²) >= 11 is 2.36. The van der Waals surface area contributed by atoms with E-state index in [-0.39, 0.29) is 67.8 Å². The van der Waals surface area contributed by atoms with Gasteiger partial charge in [0.05, 0.1) is 40.1 Å². The number of aryl methyl sites for hydroxylation is 1. The highest BCUT2D eigenvalue weighted by molar-refractivity contribution is 8.24. The van der Waals surface area contributed by atoms with E-state index in [9.17, 15) is 34.0 Å². The second kappa shape index (κ2) is 20.6. The second-order valence-electron chi connectivity index (χ2n) is 12.7. The maximum atomic E-state index is 13.3. The molecule has 13 nitrogen and oxygen atoms in total. The van der Waals surface area contributed by atoms with Gasteiger partial charge in [0, 0.05) is 17.0 Å². The highest BCUT2D eigenvalue weighted by atomic mass is 32.2. The number of nitrogens with zero attached hydrogens (tertiary/aromatic N) is 1. The van der Waals surface area contributed by atoms with Gasteiger partial charge in [0.15, 0.2) is 5.57 Å². The van der Waals surface area contributed by atoms with Crippen LogP contribution in [0.1, 0.15) is 69.8 Å². The Labute approximate surface area is 316 Å². The van der Waals surface area contributed by atoms with Crippen molar-refractivity contribution in [2.45, 2.75) is 87.0 Å². The molecule has 0 spiro atoms. The molecule has 1 heterocycles. The van der Waals surface area contributed by atoms with Gasteiger partial charge in [-0.2, -0.15) is 5.26 Å². The number of unbranched alkanes of at least 4 members (excludes halogenated alkanes) is 1. The number of thioether (sulfide) groups is 2. The number of hydrogen-bond donors (Lipinski definition) is 0. The Morgan fingerprint density at radius 3 is 1.87 bits per heavy atom. The Bertz CT molecular complexity index is 1650. The van der Waals surface area contributed by atoms with Crippen molar-refractivity contribution in [1.82, 2.24) is 0 Å². The Morgan fingerprint density at radius 2 is 1.25 bits per heavy atom. The van der Waals surface area contributed by atoms with Crippen molar-refractivity contribution in [3.63, 3.8) is 0 Å². The van der Waals surface area contributed by atoms with Crippen LogP contribution in [0.4, 0.5) is 0 Å². The van der Waals surface area contributed by atoms with E-state index in [2.05, 4.69) is 13.2 Å². The van der Waals surface area contributed by atoms with Crippen molar-refractivity contribution in [2.24, 2.45) is 17.8 Å². The summed E-state index contributed by atoms with van der Waals surface area (Å²) in [6.07, 6.45) is 7.10. The van der Waals surface area contributed by atoms with Gasteiger partial charge in [-0.05, 0) is 82.8 Å². The molecular weight excluding hydrogens is 727 g/mol. The molecule has 284 valence electrons. The number of ether oxygens (including phenoxy) is 6. The first-order valence-electron chi connectivity index (χ1n) is 17.5. The molecule has 0 amide bonds. The van der Waals surface area contributed by atoms with E-state index in [1.807, 2.05) is 13.0 Å². The summed E-state index contributed by atoms with van der Waals surface area (Å²) in [4.78, 5) is 75.0. The molecule has 1 aromatic rings. The van der Waals surface area contributed by atoms with Gasteiger partial charge in [0.25, 0.3) is 0 Å². The number of hydrogen-bond acceptors (Lipinski definition) is 15. The third-order valence-corrected chi connectivity index (χ3v) is 11.7. The fourth-order valence-electron chi connectivity index (χ4n) is 6.00. The quantitative estimate of drug-likeness (QED) is 0.0472. The van der Waals surface area contributed by atoms with Crippen molar-refractivity contribution >= 4 is 59.3 Å². The molecule has 0 aromatic heterocycles. The van der Waals surface area contributed by atoms with Crippen LogP contribution in [0.15, 0.2) is 57.0 Å². The van der Waals surface area contributed by atoms with Gasteiger partial charge in [-0.25, -0.2) is 14.4 Å². The average molecular weight is 770 g/mol. The van der Waals surface area contributed by atoms with Gasteiger partial charge in [0.1, 0.15) is 31.1 Å². The van der Waals surface area contributed by atoms with E-state index in [4.69, 9.17) is 28.4 Å². The third kappa shape index (κ3) is 12.0. The molecule has 1 aromatic carbocycles. The van der Waals surface area contributed by atoms with Gasteiger partial charge >= 0.3 is 35.8 Å². The molecule has 4 rings (SSSR count). The molecule has 2 aliphatic carbocycles. The zero-order valence-electron chi connectivity index (χ0n) is 29.6. The fourth-order valence-corrected chi connectivity index (χ4v) is 8.63. The molecule has 1 aliphatic heterocycles. The van der Waals surface area contributed by atoms with Gasteiger partial charge in [0.2, 0.25) is 0 Å². The van der Waals surface area contributed by atoms with Crippen LogP contribution in [0.5, 0.6) is 5.75 Å². The van der Waals surface area contributed by atoms with Crippen LogP contribution in [-0.4, -0.2) is 68.3 Å². The van der Waals surface area contributed by atoms with Crippen molar-refractivity contribution in [3.8, 4) is 11.8 Å². The first kappa shape index (κ1) is 41.2. The molecule has 0 bridgehead atoms. The number of carbonyl (C=O) groups excluding carboxylic acids is 6. The summed E-state index contributed by atoms with van der Waals surface area (Å²) in [5.41, 5.74) is 0.669. The van der Waals surface area contributed by atoms with Crippen LogP contribution >= 0.6 is 23.5 Å². The number of benzene rings is 1. The van der Waals surface area contributed by atoms with E-state index in [0.717, 1.165) is 34.4 Å². The van der Waals surface area contributed by atoms with E-state index < -0.39 is 23.9 Å². The largest absolute Gasteiger partial charge is 0.465 e. The first-order valence-corrected chi connectivity index (χ1v) is 19.2. The first-order chi connectivity index (χ1) is 25.5. The molecule has 0 unspecified atom stereocenters. The number of esters is 6. The SMILES string of the molecule is C=CC(=O)OCCCCOC(=O)C1CCC(C(=O)OC2CCC(C(=O)Oc3ccc(C)c4c3S/C(=C(/C#N)C(=O)OCCOC(=O)C=C)S4)CC2)CC1. The van der Waals surface area contributed by atoms with Crippen LogP contribution < -0.4 is 4.74 Å². The number of fused-ring (bicyclic) bond motifs is 1. The minimum absolute atomic E-state index is 0.183. The zero-order chi connectivity index (χ0) is 38.3. The van der Waals surface area contributed by atoms with Crippen LogP contribution in [-0.2, 0) is 52.5 Å². The van der Waals surface area contributed by atoms with E-state index in [1.165, 1.54) is 11.8 Å². The topological polar surface area (TPSA) is 182 Å². The molecule has 3 aliphatic rings. The Morgan fingerprint density at radius 1 is 0.717 bits per heavy atom. The van der Waals surface area contributed by atoms with Crippen LogP contribution in [0.25, 0.3) is 0 Å². The van der Waals surface area contributed by atoms with Crippen LogP contribution in [0.3, 0.4) is 0 Å². The van der Waals surface area contributed by atoms with Gasteiger partial charge in [-0.15, -0.1) is 0 Å². The summed E-state index contributed by atoms with van der Waals surface area (Å²) in [6.45, 7) is 8.57. The molecule has 2 saturated carbocycles.